The molecule has 0 spiro atoms. The monoisotopic (exact) mass is 413 g/mol. The second kappa shape index (κ2) is 11.2. The Bertz CT molecular complexity index is 695. The van der Waals surface area contributed by atoms with Crippen molar-refractivity contribution < 1.29 is 15.0 Å². The smallest absolute Gasteiger partial charge is 0.222 e. The van der Waals surface area contributed by atoms with E-state index in [9.17, 15) is 15.0 Å². The summed E-state index contributed by atoms with van der Waals surface area (Å²) in [5, 5.41) is 20.9. The maximum atomic E-state index is 12.2. The zero-order valence-corrected chi connectivity index (χ0v) is 18.7. The summed E-state index contributed by atoms with van der Waals surface area (Å²) in [7, 11) is 0. The quantitative estimate of drug-likeness (QED) is 0.358. The summed E-state index contributed by atoms with van der Waals surface area (Å²) in [5.41, 5.74) is 1.50. The molecule has 2 N–H and O–H groups in total. The fourth-order valence-electron chi connectivity index (χ4n) is 5.44. The van der Waals surface area contributed by atoms with Gasteiger partial charge < -0.3 is 15.1 Å². The third kappa shape index (κ3) is 5.99. The number of fused-ring (bicyclic) bond motifs is 1. The van der Waals surface area contributed by atoms with Crippen LogP contribution >= 0.6 is 0 Å². The van der Waals surface area contributed by atoms with E-state index in [4.69, 9.17) is 0 Å². The number of unbranched alkanes of at least 4 members (excludes halogenated alkanes) is 1. The molecule has 4 nitrogen and oxygen atoms in total. The largest absolute Gasteiger partial charge is 0.392 e. The molecule has 0 bridgehead atoms. The molecule has 3 rings (SSSR count). The zero-order chi connectivity index (χ0) is 21.5. The van der Waals surface area contributed by atoms with Crippen LogP contribution < -0.4 is 0 Å². The standard InChI is InChI=1S/C26H39NO3/c1-3-4-9-19(2)24(28)13-12-22-23-17-20(16-21(23)18-25(22)29)10-5-6-11-26(30)27-14-7-8-15-27/h10,12-13,19,21-25,28-29H,5-9,11,14-18H2,1-2H3/b13-12+,20-10?/t19-,21-,22+,23-,24-,25+/m0/s1. The summed E-state index contributed by atoms with van der Waals surface area (Å²) in [6, 6.07) is 0. The van der Waals surface area contributed by atoms with Gasteiger partial charge in [0, 0.05) is 31.8 Å². The number of hydrogen-bond acceptors (Lipinski definition) is 3. The molecule has 0 aromatic rings. The van der Waals surface area contributed by atoms with Crippen LogP contribution in [-0.2, 0) is 4.79 Å². The fraction of sp³-hybridized carbons (Fsp3) is 0.731. The first-order chi connectivity index (χ1) is 14.5. The summed E-state index contributed by atoms with van der Waals surface area (Å²) in [5.74, 6) is 7.50. The summed E-state index contributed by atoms with van der Waals surface area (Å²) >= 11 is 0. The Kier molecular flexibility index (Phi) is 8.60. The normalized spacial score (nSPS) is 31.7. The summed E-state index contributed by atoms with van der Waals surface area (Å²) in [4.78, 5) is 14.2. The van der Waals surface area contributed by atoms with E-state index in [0.717, 1.165) is 58.0 Å². The maximum absolute atomic E-state index is 12.2. The minimum Gasteiger partial charge on any atom is -0.392 e. The van der Waals surface area contributed by atoms with Crippen LogP contribution in [0.3, 0.4) is 0 Å². The Balaban J connectivity index is 1.46. The van der Waals surface area contributed by atoms with E-state index in [1.54, 1.807) is 0 Å². The molecule has 6 atom stereocenters. The minimum absolute atomic E-state index is 0.102. The van der Waals surface area contributed by atoms with Crippen molar-refractivity contribution in [3.63, 3.8) is 0 Å². The second-order valence-corrected chi connectivity index (χ2v) is 9.54. The minimum atomic E-state index is -0.512. The number of likely N-dealkylation sites (tertiary alicyclic amines) is 1. The van der Waals surface area contributed by atoms with Gasteiger partial charge in [0.15, 0.2) is 0 Å². The van der Waals surface area contributed by atoms with E-state index in [1.807, 2.05) is 24.8 Å². The van der Waals surface area contributed by atoms with E-state index >= 15 is 0 Å². The van der Waals surface area contributed by atoms with Gasteiger partial charge in [0.25, 0.3) is 0 Å². The maximum Gasteiger partial charge on any atom is 0.222 e. The summed E-state index contributed by atoms with van der Waals surface area (Å²) in [6.45, 7) is 5.72. The highest BCUT2D eigenvalue weighted by Gasteiger charge is 2.45. The number of aliphatic hydroxyl groups is 2. The third-order valence-corrected chi connectivity index (χ3v) is 7.31. The van der Waals surface area contributed by atoms with Crippen molar-refractivity contribution in [2.45, 2.75) is 83.8 Å². The summed E-state index contributed by atoms with van der Waals surface area (Å²) in [6.07, 6.45) is 14.0. The zero-order valence-electron chi connectivity index (χ0n) is 18.7. The molecule has 0 aromatic heterocycles. The van der Waals surface area contributed by atoms with Crippen LogP contribution in [0.1, 0.15) is 71.6 Å². The first kappa shape index (κ1) is 23.1. The fourth-order valence-corrected chi connectivity index (χ4v) is 5.44. The molecule has 0 aromatic carbocycles. The van der Waals surface area contributed by atoms with Crippen LogP contribution in [0.5, 0.6) is 0 Å². The average molecular weight is 414 g/mol. The van der Waals surface area contributed by atoms with Crippen molar-refractivity contribution >= 4 is 5.91 Å². The van der Waals surface area contributed by atoms with Gasteiger partial charge in [-0.1, -0.05) is 30.7 Å². The van der Waals surface area contributed by atoms with Crippen LogP contribution in [0.15, 0.2) is 23.8 Å². The van der Waals surface area contributed by atoms with Gasteiger partial charge in [-0.2, -0.15) is 0 Å². The molecule has 2 aliphatic carbocycles. The number of hydrogen-bond donors (Lipinski definition) is 2. The molecule has 2 saturated carbocycles. The molecule has 0 unspecified atom stereocenters. The van der Waals surface area contributed by atoms with Crippen molar-refractivity contribution in [3.05, 3.63) is 23.8 Å². The van der Waals surface area contributed by atoms with Gasteiger partial charge in [-0.3, -0.25) is 4.79 Å². The lowest BCUT2D eigenvalue weighted by molar-refractivity contribution is -0.130. The van der Waals surface area contributed by atoms with Gasteiger partial charge in [0.05, 0.1) is 12.2 Å². The number of aliphatic hydroxyl groups excluding tert-OH is 2. The molecular weight excluding hydrogens is 374 g/mol. The Morgan fingerprint density at radius 2 is 2.07 bits per heavy atom. The highest BCUT2D eigenvalue weighted by molar-refractivity contribution is 5.76. The third-order valence-electron chi connectivity index (χ3n) is 7.31. The predicted octanol–water partition coefficient (Wildman–Crippen LogP) is 4.08. The SMILES string of the molecule is CC#CC[C@H](C)[C@@H](O)/C=C/[C@@H]1[C@H]2CC(=CCCCC(=O)N3CCCC3)C[C@H]2C[C@H]1O. The molecule has 3 fully saturated rings. The van der Waals surface area contributed by atoms with Gasteiger partial charge in [0.1, 0.15) is 0 Å². The van der Waals surface area contributed by atoms with Gasteiger partial charge in [0.2, 0.25) is 5.91 Å². The van der Waals surface area contributed by atoms with Crippen molar-refractivity contribution in [1.82, 2.24) is 4.90 Å². The van der Waals surface area contributed by atoms with Crippen molar-refractivity contribution in [3.8, 4) is 11.8 Å². The number of amides is 1. The topological polar surface area (TPSA) is 60.8 Å². The summed E-state index contributed by atoms with van der Waals surface area (Å²) < 4.78 is 0. The number of carbonyl (C=O) groups excluding carboxylic acids is 1. The Morgan fingerprint density at radius 1 is 1.30 bits per heavy atom. The highest BCUT2D eigenvalue weighted by atomic mass is 16.3. The van der Waals surface area contributed by atoms with Crippen LogP contribution in [-0.4, -0.2) is 46.3 Å². The molecule has 30 heavy (non-hydrogen) atoms. The predicted molar refractivity (Wildman–Crippen MR) is 120 cm³/mol. The van der Waals surface area contributed by atoms with E-state index in [2.05, 4.69) is 24.0 Å². The first-order valence-electron chi connectivity index (χ1n) is 11.9. The number of nitrogens with zero attached hydrogens (tertiary/aromatic N) is 1. The van der Waals surface area contributed by atoms with Crippen molar-refractivity contribution in [1.29, 1.82) is 0 Å². The Morgan fingerprint density at radius 3 is 2.80 bits per heavy atom. The molecule has 1 heterocycles. The number of carbonyl (C=O) groups is 1. The molecule has 4 heteroatoms. The van der Waals surface area contributed by atoms with Crippen molar-refractivity contribution in [2.75, 3.05) is 13.1 Å². The highest BCUT2D eigenvalue weighted by Crippen LogP contribution is 2.50. The molecule has 166 valence electrons. The molecule has 1 amide bonds. The lowest BCUT2D eigenvalue weighted by Crippen LogP contribution is -2.27. The van der Waals surface area contributed by atoms with Gasteiger partial charge >= 0.3 is 0 Å². The van der Waals surface area contributed by atoms with Crippen molar-refractivity contribution in [2.24, 2.45) is 23.7 Å². The van der Waals surface area contributed by atoms with Gasteiger partial charge in [-0.05, 0) is 69.6 Å². The second-order valence-electron chi connectivity index (χ2n) is 9.54. The van der Waals surface area contributed by atoms with E-state index in [-0.39, 0.29) is 17.9 Å². The van der Waals surface area contributed by atoms with Gasteiger partial charge in [-0.25, -0.2) is 0 Å². The Labute approximate surface area is 182 Å². The molecule has 3 aliphatic rings. The number of rotatable bonds is 8. The molecule has 0 radical (unpaired) electrons. The first-order valence-corrected chi connectivity index (χ1v) is 11.9. The average Bonchev–Trinajstić information content (AvgIpc) is 3.44. The van der Waals surface area contributed by atoms with E-state index in [1.165, 1.54) is 5.57 Å². The Hall–Kier alpha value is -1.57. The lowest BCUT2D eigenvalue weighted by atomic mass is 9.89. The van der Waals surface area contributed by atoms with E-state index < -0.39 is 6.10 Å². The molecule has 1 saturated heterocycles. The lowest BCUT2D eigenvalue weighted by Gasteiger charge is -2.19. The van der Waals surface area contributed by atoms with Crippen LogP contribution in [0, 0.1) is 35.5 Å². The molecular formula is C26H39NO3. The van der Waals surface area contributed by atoms with E-state index in [0.29, 0.717) is 30.6 Å². The van der Waals surface area contributed by atoms with Crippen LogP contribution in [0.25, 0.3) is 0 Å². The van der Waals surface area contributed by atoms with Crippen LogP contribution in [0.4, 0.5) is 0 Å². The van der Waals surface area contributed by atoms with Crippen LogP contribution in [0.2, 0.25) is 0 Å². The van der Waals surface area contributed by atoms with Gasteiger partial charge in [-0.15, -0.1) is 11.8 Å². The number of allylic oxidation sites excluding steroid dienone is 2. The molecule has 1 aliphatic heterocycles.